The van der Waals surface area contributed by atoms with Crippen LogP contribution in [0.4, 0.5) is 11.6 Å². The summed E-state index contributed by atoms with van der Waals surface area (Å²) >= 11 is 0. The van der Waals surface area contributed by atoms with Crippen molar-refractivity contribution in [3.05, 3.63) is 36.0 Å². The van der Waals surface area contributed by atoms with Crippen LogP contribution in [0.2, 0.25) is 0 Å². The Balaban J connectivity index is 1.79. The van der Waals surface area contributed by atoms with E-state index >= 15 is 0 Å². The quantitative estimate of drug-likeness (QED) is 0.668. The third-order valence-corrected chi connectivity index (χ3v) is 5.33. The second-order valence-corrected chi connectivity index (χ2v) is 7.81. The summed E-state index contributed by atoms with van der Waals surface area (Å²) in [7, 11) is -3.76. The van der Waals surface area contributed by atoms with Gasteiger partial charge in [-0.05, 0) is 43.5 Å². The molecule has 1 fully saturated rings. The number of aliphatic hydroxyl groups excluding tert-OH is 1. The number of nitriles is 1. The number of sulfonamides is 1. The van der Waals surface area contributed by atoms with Gasteiger partial charge in [0.05, 0.1) is 11.1 Å². The van der Waals surface area contributed by atoms with Gasteiger partial charge >= 0.3 is 0 Å². The van der Waals surface area contributed by atoms with Crippen LogP contribution in [0.15, 0.2) is 35.4 Å². The molecule has 1 heterocycles. The zero-order valence-corrected chi connectivity index (χ0v) is 15.2. The number of nitrogens with one attached hydrogen (secondary N) is 1. The van der Waals surface area contributed by atoms with Crippen LogP contribution in [-0.4, -0.2) is 36.2 Å². The number of ether oxygens (including phenoxy) is 1. The highest BCUT2D eigenvalue weighted by Crippen LogP contribution is 2.30. The zero-order chi connectivity index (χ0) is 19.4. The molecule has 27 heavy (non-hydrogen) atoms. The second kappa shape index (κ2) is 7.87. The van der Waals surface area contributed by atoms with Gasteiger partial charge in [-0.25, -0.2) is 18.5 Å². The number of anilines is 2. The summed E-state index contributed by atoms with van der Waals surface area (Å²) in [6.07, 6.45) is 3.77. The van der Waals surface area contributed by atoms with Crippen molar-refractivity contribution in [3.8, 4) is 11.9 Å². The van der Waals surface area contributed by atoms with Gasteiger partial charge in [0, 0.05) is 18.2 Å². The number of nitrogens with two attached hydrogens (primary N) is 1. The maximum atomic E-state index is 11.3. The molecule has 10 heteroatoms. The first-order valence-electron chi connectivity index (χ1n) is 8.35. The van der Waals surface area contributed by atoms with Gasteiger partial charge in [0.2, 0.25) is 21.9 Å². The minimum Gasteiger partial charge on any atom is -0.473 e. The zero-order valence-electron chi connectivity index (χ0n) is 14.4. The van der Waals surface area contributed by atoms with Gasteiger partial charge in [0.15, 0.2) is 0 Å². The first-order chi connectivity index (χ1) is 12.9. The SMILES string of the molecule is N#Cc1cnc(Nc2ccc(S(N)(=O)=O)cc2)nc1O[C@H]1CCC[C@H]1CO. The van der Waals surface area contributed by atoms with E-state index in [2.05, 4.69) is 15.3 Å². The third kappa shape index (κ3) is 4.51. The van der Waals surface area contributed by atoms with E-state index in [0.717, 1.165) is 19.3 Å². The molecule has 4 N–H and O–H groups in total. The summed E-state index contributed by atoms with van der Waals surface area (Å²) in [4.78, 5) is 8.32. The molecule has 1 aliphatic rings. The minimum absolute atomic E-state index is 0.00546. The van der Waals surface area contributed by atoms with E-state index in [1.165, 1.54) is 30.5 Å². The van der Waals surface area contributed by atoms with Crippen molar-refractivity contribution in [2.45, 2.75) is 30.3 Å². The number of hydrogen-bond acceptors (Lipinski definition) is 8. The Kier molecular flexibility index (Phi) is 5.55. The van der Waals surface area contributed by atoms with E-state index < -0.39 is 10.0 Å². The average molecular weight is 389 g/mol. The molecule has 0 amide bonds. The summed E-state index contributed by atoms with van der Waals surface area (Å²) < 4.78 is 28.5. The van der Waals surface area contributed by atoms with Crippen molar-refractivity contribution in [3.63, 3.8) is 0 Å². The lowest BCUT2D eigenvalue weighted by atomic mass is 10.1. The molecule has 0 saturated heterocycles. The number of nitrogens with zero attached hydrogens (tertiary/aromatic N) is 3. The molecule has 0 spiro atoms. The monoisotopic (exact) mass is 389 g/mol. The molecule has 0 aliphatic heterocycles. The molecule has 2 atom stereocenters. The molecule has 9 nitrogen and oxygen atoms in total. The number of rotatable bonds is 6. The van der Waals surface area contributed by atoms with Crippen molar-refractivity contribution in [2.24, 2.45) is 11.1 Å². The maximum absolute atomic E-state index is 11.3. The van der Waals surface area contributed by atoms with Crippen LogP contribution in [0, 0.1) is 17.2 Å². The number of benzene rings is 1. The van der Waals surface area contributed by atoms with Gasteiger partial charge in [-0.1, -0.05) is 0 Å². The van der Waals surface area contributed by atoms with Crippen LogP contribution in [-0.2, 0) is 10.0 Å². The lowest BCUT2D eigenvalue weighted by Gasteiger charge is -2.19. The van der Waals surface area contributed by atoms with E-state index in [1.54, 1.807) is 0 Å². The van der Waals surface area contributed by atoms with Gasteiger partial charge in [0.25, 0.3) is 0 Å². The lowest BCUT2D eigenvalue weighted by Crippen LogP contribution is -2.25. The Labute approximate surface area is 156 Å². The fraction of sp³-hybridized carbons (Fsp3) is 0.353. The van der Waals surface area contributed by atoms with Gasteiger partial charge in [-0.3, -0.25) is 0 Å². The van der Waals surface area contributed by atoms with Crippen LogP contribution in [0.3, 0.4) is 0 Å². The van der Waals surface area contributed by atoms with Crippen LogP contribution in [0.1, 0.15) is 24.8 Å². The Morgan fingerprint density at radius 1 is 1.33 bits per heavy atom. The van der Waals surface area contributed by atoms with E-state index in [-0.39, 0.29) is 40.9 Å². The highest BCUT2D eigenvalue weighted by molar-refractivity contribution is 7.89. The first-order valence-corrected chi connectivity index (χ1v) is 9.90. The number of primary sulfonamides is 1. The molecule has 3 rings (SSSR count). The summed E-state index contributed by atoms with van der Waals surface area (Å²) in [6, 6.07) is 7.78. The molecule has 0 bridgehead atoms. The lowest BCUT2D eigenvalue weighted by molar-refractivity contribution is 0.105. The van der Waals surface area contributed by atoms with Crippen LogP contribution < -0.4 is 15.2 Å². The standard InChI is InChI=1S/C17H19N5O4S/c18-8-12-9-20-17(21-13-4-6-14(7-5-13)27(19,24)25)22-16(12)26-15-3-1-2-11(15)10-23/h4-7,9,11,15,23H,1-3,10H2,(H2,19,24,25)(H,20,21,22)/t11-,15-/m0/s1. The molecule has 2 aromatic rings. The van der Waals surface area contributed by atoms with Crippen LogP contribution >= 0.6 is 0 Å². The average Bonchev–Trinajstić information content (AvgIpc) is 3.09. The summed E-state index contributed by atoms with van der Waals surface area (Å²) in [5.41, 5.74) is 0.751. The molecule has 1 aromatic carbocycles. The van der Waals surface area contributed by atoms with Crippen molar-refractivity contribution < 1.29 is 18.3 Å². The van der Waals surface area contributed by atoms with E-state index in [0.29, 0.717) is 5.69 Å². The minimum atomic E-state index is -3.76. The number of aromatic nitrogens is 2. The predicted octanol–water partition coefficient (Wildman–Crippen LogP) is 1.28. The highest BCUT2D eigenvalue weighted by atomic mass is 32.2. The fourth-order valence-corrected chi connectivity index (χ4v) is 3.48. The van der Waals surface area contributed by atoms with E-state index in [4.69, 9.17) is 9.88 Å². The van der Waals surface area contributed by atoms with Gasteiger partial charge in [0.1, 0.15) is 17.7 Å². The van der Waals surface area contributed by atoms with Gasteiger partial charge in [-0.2, -0.15) is 10.2 Å². The van der Waals surface area contributed by atoms with Crippen LogP contribution in [0.25, 0.3) is 0 Å². The van der Waals surface area contributed by atoms with Crippen molar-refractivity contribution >= 4 is 21.7 Å². The molecular formula is C17H19N5O4S. The summed E-state index contributed by atoms with van der Waals surface area (Å²) in [5.74, 6) is 0.376. The number of hydrogen-bond donors (Lipinski definition) is 3. The van der Waals surface area contributed by atoms with E-state index in [1.807, 2.05) is 6.07 Å². The van der Waals surface area contributed by atoms with Crippen LogP contribution in [0.5, 0.6) is 5.88 Å². The van der Waals surface area contributed by atoms with Crippen molar-refractivity contribution in [1.82, 2.24) is 9.97 Å². The molecule has 1 aromatic heterocycles. The molecule has 142 valence electrons. The molecular weight excluding hydrogens is 370 g/mol. The highest BCUT2D eigenvalue weighted by Gasteiger charge is 2.29. The normalized spacial score (nSPS) is 19.4. The van der Waals surface area contributed by atoms with Crippen molar-refractivity contribution in [2.75, 3.05) is 11.9 Å². The van der Waals surface area contributed by atoms with E-state index in [9.17, 15) is 18.8 Å². The molecule has 0 unspecified atom stereocenters. The topological polar surface area (TPSA) is 151 Å². The third-order valence-electron chi connectivity index (χ3n) is 4.40. The van der Waals surface area contributed by atoms with Gasteiger partial charge < -0.3 is 15.2 Å². The molecule has 1 saturated carbocycles. The smallest absolute Gasteiger partial charge is 0.238 e. The summed E-state index contributed by atoms with van der Waals surface area (Å²) in [6.45, 7) is 0.0269. The molecule has 1 aliphatic carbocycles. The van der Waals surface area contributed by atoms with Crippen molar-refractivity contribution in [1.29, 1.82) is 5.26 Å². The largest absolute Gasteiger partial charge is 0.473 e. The molecule has 0 radical (unpaired) electrons. The fourth-order valence-electron chi connectivity index (χ4n) is 2.96. The Bertz CT molecular complexity index is 956. The number of aliphatic hydroxyl groups is 1. The Morgan fingerprint density at radius 2 is 2.07 bits per heavy atom. The maximum Gasteiger partial charge on any atom is 0.238 e. The predicted molar refractivity (Wildman–Crippen MR) is 96.7 cm³/mol. The Hall–Kier alpha value is -2.74. The first kappa shape index (κ1) is 19.0. The summed E-state index contributed by atoms with van der Waals surface area (Å²) in [5, 5.41) is 26.7. The Morgan fingerprint density at radius 3 is 2.70 bits per heavy atom. The van der Waals surface area contributed by atoms with Gasteiger partial charge in [-0.15, -0.1) is 0 Å². The second-order valence-electron chi connectivity index (χ2n) is 6.25.